The quantitative estimate of drug-likeness (QED) is 0.719. The minimum atomic E-state index is -0.751. The van der Waals surface area contributed by atoms with E-state index in [9.17, 15) is 4.79 Å². The Kier molecular flexibility index (Phi) is 2.74. The zero-order valence-electron chi connectivity index (χ0n) is 8.48. The molecule has 2 rings (SSSR count). The number of carbonyl (C=O) groups is 1. The highest BCUT2D eigenvalue weighted by atomic mass is 16.5. The molecule has 0 aromatic carbocycles. The van der Waals surface area contributed by atoms with E-state index in [0.717, 1.165) is 18.9 Å². The predicted molar refractivity (Wildman–Crippen MR) is 51.1 cm³/mol. The van der Waals surface area contributed by atoms with Crippen molar-refractivity contribution < 1.29 is 14.6 Å². The maximum Gasteiger partial charge on any atom is 0.323 e. The fraction of sp³-hybridized carbons (Fsp3) is 0.900. The van der Waals surface area contributed by atoms with Crippen molar-refractivity contribution in [1.29, 1.82) is 0 Å². The number of methoxy groups -OCH3 is 1. The fourth-order valence-corrected chi connectivity index (χ4v) is 2.81. The van der Waals surface area contributed by atoms with Gasteiger partial charge in [-0.25, -0.2) is 0 Å². The summed E-state index contributed by atoms with van der Waals surface area (Å²) < 4.78 is 4.96. The monoisotopic (exact) mass is 199 g/mol. The van der Waals surface area contributed by atoms with Gasteiger partial charge in [0.25, 0.3) is 0 Å². The number of carboxylic acid groups (broad SMARTS) is 1. The van der Waals surface area contributed by atoms with E-state index in [0.29, 0.717) is 12.6 Å². The molecule has 4 heteroatoms. The van der Waals surface area contributed by atoms with Crippen molar-refractivity contribution in [3.05, 3.63) is 0 Å². The molecule has 1 aliphatic heterocycles. The highest BCUT2D eigenvalue weighted by Crippen LogP contribution is 2.38. The SMILES string of the molecule is COCC(C(=O)O)N1CC2CCC1C2. The molecule has 0 aromatic rings. The second-order valence-corrected chi connectivity index (χ2v) is 4.34. The molecule has 0 radical (unpaired) electrons. The van der Waals surface area contributed by atoms with Gasteiger partial charge in [0.05, 0.1) is 6.61 Å². The van der Waals surface area contributed by atoms with Gasteiger partial charge in [-0.3, -0.25) is 9.69 Å². The molecule has 1 N–H and O–H groups in total. The molecule has 80 valence electrons. The minimum Gasteiger partial charge on any atom is -0.480 e. The van der Waals surface area contributed by atoms with Gasteiger partial charge in [-0.2, -0.15) is 0 Å². The van der Waals surface area contributed by atoms with Gasteiger partial charge in [0.2, 0.25) is 0 Å². The largest absolute Gasteiger partial charge is 0.480 e. The zero-order chi connectivity index (χ0) is 10.1. The molecular formula is C10H17NO3. The summed E-state index contributed by atoms with van der Waals surface area (Å²) in [5.74, 6) is -0.0156. The maximum atomic E-state index is 11.0. The number of aliphatic carboxylic acids is 1. The average Bonchev–Trinajstić information content (AvgIpc) is 2.74. The van der Waals surface area contributed by atoms with Crippen LogP contribution in [0.2, 0.25) is 0 Å². The van der Waals surface area contributed by atoms with Crippen LogP contribution in [0.5, 0.6) is 0 Å². The van der Waals surface area contributed by atoms with Crippen LogP contribution in [0.4, 0.5) is 0 Å². The number of ether oxygens (including phenoxy) is 1. The highest BCUT2D eigenvalue weighted by molar-refractivity contribution is 5.73. The van der Waals surface area contributed by atoms with E-state index in [1.807, 2.05) is 0 Å². The molecular weight excluding hydrogens is 182 g/mol. The highest BCUT2D eigenvalue weighted by Gasteiger charge is 2.43. The van der Waals surface area contributed by atoms with Crippen LogP contribution in [0, 0.1) is 5.92 Å². The molecule has 3 unspecified atom stereocenters. The molecule has 1 heterocycles. The first-order valence-electron chi connectivity index (χ1n) is 5.20. The molecule has 1 saturated heterocycles. The fourth-order valence-electron chi connectivity index (χ4n) is 2.81. The van der Waals surface area contributed by atoms with Gasteiger partial charge in [0.1, 0.15) is 6.04 Å². The van der Waals surface area contributed by atoms with Gasteiger partial charge in [0.15, 0.2) is 0 Å². The summed E-state index contributed by atoms with van der Waals surface area (Å²) in [4.78, 5) is 13.1. The van der Waals surface area contributed by atoms with E-state index in [1.54, 1.807) is 7.11 Å². The third-order valence-corrected chi connectivity index (χ3v) is 3.46. The predicted octanol–water partition coefficient (Wildman–Crippen LogP) is 0.570. The van der Waals surface area contributed by atoms with Crippen LogP contribution < -0.4 is 0 Å². The Morgan fingerprint density at radius 3 is 2.86 bits per heavy atom. The van der Waals surface area contributed by atoms with Crippen LogP contribution in [0.25, 0.3) is 0 Å². The van der Waals surface area contributed by atoms with Gasteiger partial charge in [-0.15, -0.1) is 0 Å². The van der Waals surface area contributed by atoms with Gasteiger partial charge in [-0.05, 0) is 25.2 Å². The van der Waals surface area contributed by atoms with Crippen LogP contribution in [0.15, 0.2) is 0 Å². The summed E-state index contributed by atoms with van der Waals surface area (Å²) >= 11 is 0. The summed E-state index contributed by atoms with van der Waals surface area (Å²) in [6, 6.07) is 0.0616. The Hall–Kier alpha value is -0.610. The molecule has 1 saturated carbocycles. The van der Waals surface area contributed by atoms with Crippen molar-refractivity contribution in [2.24, 2.45) is 5.92 Å². The second kappa shape index (κ2) is 3.87. The lowest BCUT2D eigenvalue weighted by Crippen LogP contribution is -2.48. The van der Waals surface area contributed by atoms with E-state index in [4.69, 9.17) is 9.84 Å². The van der Waals surface area contributed by atoms with E-state index in [2.05, 4.69) is 4.90 Å². The Morgan fingerprint density at radius 2 is 2.43 bits per heavy atom. The summed E-state index contributed by atoms with van der Waals surface area (Å²) in [7, 11) is 1.56. The normalized spacial score (nSPS) is 33.5. The first-order valence-corrected chi connectivity index (χ1v) is 5.20. The van der Waals surface area contributed by atoms with Crippen LogP contribution in [-0.4, -0.2) is 48.3 Å². The van der Waals surface area contributed by atoms with Crippen molar-refractivity contribution in [3.63, 3.8) is 0 Å². The zero-order valence-corrected chi connectivity index (χ0v) is 8.48. The van der Waals surface area contributed by atoms with Crippen LogP contribution >= 0.6 is 0 Å². The average molecular weight is 199 g/mol. The molecule has 2 aliphatic rings. The first kappa shape index (κ1) is 9.93. The second-order valence-electron chi connectivity index (χ2n) is 4.34. The van der Waals surface area contributed by atoms with E-state index >= 15 is 0 Å². The van der Waals surface area contributed by atoms with Gasteiger partial charge < -0.3 is 9.84 Å². The molecule has 0 spiro atoms. The van der Waals surface area contributed by atoms with Crippen molar-refractivity contribution in [1.82, 2.24) is 4.90 Å². The summed E-state index contributed by atoms with van der Waals surface area (Å²) in [6.45, 7) is 1.25. The van der Waals surface area contributed by atoms with Crippen molar-refractivity contribution in [2.75, 3.05) is 20.3 Å². The molecule has 2 bridgehead atoms. The molecule has 1 aliphatic carbocycles. The number of nitrogens with zero attached hydrogens (tertiary/aromatic N) is 1. The molecule has 0 amide bonds. The van der Waals surface area contributed by atoms with Crippen molar-refractivity contribution in [3.8, 4) is 0 Å². The summed E-state index contributed by atoms with van der Waals surface area (Å²) in [5.41, 5.74) is 0. The van der Waals surface area contributed by atoms with Crippen molar-refractivity contribution in [2.45, 2.75) is 31.3 Å². The van der Waals surface area contributed by atoms with Crippen molar-refractivity contribution >= 4 is 5.97 Å². The lowest BCUT2D eigenvalue weighted by atomic mass is 10.1. The van der Waals surface area contributed by atoms with Crippen LogP contribution in [0.3, 0.4) is 0 Å². The molecule has 0 aromatic heterocycles. The van der Waals surface area contributed by atoms with Crippen LogP contribution in [0.1, 0.15) is 19.3 Å². The van der Waals surface area contributed by atoms with E-state index < -0.39 is 12.0 Å². The minimum absolute atomic E-state index is 0.304. The summed E-state index contributed by atoms with van der Waals surface area (Å²) in [5, 5.41) is 9.07. The standard InChI is InChI=1S/C10H17NO3/c1-14-6-9(10(12)13)11-5-7-2-3-8(11)4-7/h7-9H,2-6H2,1H3,(H,12,13). The first-order chi connectivity index (χ1) is 6.72. The Balaban J connectivity index is 2.01. The van der Waals surface area contributed by atoms with Gasteiger partial charge in [-0.1, -0.05) is 0 Å². The Bertz CT molecular complexity index is 231. The number of carboxylic acids is 1. The third kappa shape index (κ3) is 1.64. The molecule has 3 atom stereocenters. The van der Waals surface area contributed by atoms with Gasteiger partial charge in [0, 0.05) is 19.7 Å². The number of fused-ring (bicyclic) bond motifs is 2. The Labute approximate surface area is 83.8 Å². The Morgan fingerprint density at radius 1 is 1.64 bits per heavy atom. The van der Waals surface area contributed by atoms with Crippen LogP contribution in [-0.2, 0) is 9.53 Å². The lowest BCUT2D eigenvalue weighted by molar-refractivity contribution is -0.146. The number of rotatable bonds is 4. The number of likely N-dealkylation sites (tertiary alicyclic amines) is 1. The van der Waals surface area contributed by atoms with Gasteiger partial charge >= 0.3 is 5.97 Å². The summed E-state index contributed by atoms with van der Waals surface area (Å²) in [6.07, 6.45) is 3.63. The number of hydrogen-bond donors (Lipinski definition) is 1. The smallest absolute Gasteiger partial charge is 0.323 e. The van der Waals surface area contributed by atoms with E-state index in [-0.39, 0.29) is 0 Å². The topological polar surface area (TPSA) is 49.8 Å². The van der Waals surface area contributed by atoms with E-state index in [1.165, 1.54) is 12.8 Å². The molecule has 4 nitrogen and oxygen atoms in total. The number of piperidine rings is 1. The number of hydrogen-bond acceptors (Lipinski definition) is 3. The molecule has 14 heavy (non-hydrogen) atoms. The maximum absolute atomic E-state index is 11.0. The lowest BCUT2D eigenvalue weighted by Gasteiger charge is -2.31. The third-order valence-electron chi connectivity index (χ3n) is 3.46. The molecule has 2 fully saturated rings.